The molecule has 0 aliphatic carbocycles. The van der Waals surface area contributed by atoms with Gasteiger partial charge in [-0.15, -0.1) is 11.6 Å². The number of rotatable bonds is 4. The summed E-state index contributed by atoms with van der Waals surface area (Å²) in [5.41, 5.74) is 1.75. The minimum Gasteiger partial charge on any atom is -0.347 e. The van der Waals surface area contributed by atoms with Gasteiger partial charge in [0.2, 0.25) is 0 Å². The topological polar surface area (TPSA) is 54.9 Å². The van der Waals surface area contributed by atoms with Crippen molar-refractivity contribution in [1.29, 1.82) is 0 Å². The predicted octanol–water partition coefficient (Wildman–Crippen LogP) is 2.77. The molecule has 0 unspecified atom stereocenters. The number of amides is 1. The van der Waals surface area contributed by atoms with Gasteiger partial charge in [-0.1, -0.05) is 0 Å². The highest BCUT2D eigenvalue weighted by Crippen LogP contribution is 2.14. The van der Waals surface area contributed by atoms with E-state index in [1.807, 2.05) is 13.8 Å². The third-order valence-electron chi connectivity index (χ3n) is 2.90. The molecule has 0 aliphatic rings. The van der Waals surface area contributed by atoms with Gasteiger partial charge in [0.25, 0.3) is 5.91 Å². The summed E-state index contributed by atoms with van der Waals surface area (Å²) in [4.78, 5) is 20.5. The smallest absolute Gasteiger partial charge is 0.251 e. The molecular weight excluding hydrogens is 262 g/mol. The molecule has 0 aliphatic heterocycles. The lowest BCUT2D eigenvalue weighted by Crippen LogP contribution is -2.43. The number of halogens is 1. The van der Waals surface area contributed by atoms with Crippen LogP contribution in [0.25, 0.3) is 11.0 Å². The first-order valence-electron chi connectivity index (χ1n) is 6.11. The van der Waals surface area contributed by atoms with Crippen LogP contribution in [0.5, 0.6) is 0 Å². The Kier molecular flexibility index (Phi) is 4.00. The fourth-order valence-electron chi connectivity index (χ4n) is 1.78. The number of carbonyl (C=O) groups excluding carboxylic acids is 1. The van der Waals surface area contributed by atoms with Crippen molar-refractivity contribution in [3.05, 3.63) is 36.2 Å². The van der Waals surface area contributed by atoms with Gasteiger partial charge in [-0.2, -0.15) is 0 Å². The first-order chi connectivity index (χ1) is 9.02. The van der Waals surface area contributed by atoms with Gasteiger partial charge in [-0.05, 0) is 38.5 Å². The summed E-state index contributed by atoms with van der Waals surface area (Å²) in [5, 5.41) is 2.97. The second-order valence-electron chi connectivity index (χ2n) is 5.04. The highest BCUT2D eigenvalue weighted by Gasteiger charge is 2.20. The zero-order chi connectivity index (χ0) is 13.9. The van der Waals surface area contributed by atoms with Gasteiger partial charge in [0, 0.05) is 29.4 Å². The van der Waals surface area contributed by atoms with Gasteiger partial charge in [0.15, 0.2) is 0 Å². The minimum absolute atomic E-state index is 0.123. The van der Waals surface area contributed by atoms with Crippen molar-refractivity contribution in [2.45, 2.75) is 25.8 Å². The molecule has 19 heavy (non-hydrogen) atoms. The van der Waals surface area contributed by atoms with E-state index in [9.17, 15) is 4.79 Å². The van der Waals surface area contributed by atoms with Gasteiger partial charge in [0.05, 0.1) is 11.0 Å². The van der Waals surface area contributed by atoms with E-state index in [0.29, 0.717) is 23.4 Å². The molecule has 1 aromatic carbocycles. The lowest BCUT2D eigenvalue weighted by molar-refractivity contribution is 0.0912. The monoisotopic (exact) mass is 277 g/mol. The fourth-order valence-corrected chi connectivity index (χ4v) is 2.26. The molecule has 0 bridgehead atoms. The number of aromatic nitrogens is 2. The third-order valence-corrected chi connectivity index (χ3v) is 3.09. The van der Waals surface area contributed by atoms with Crippen molar-refractivity contribution < 1.29 is 4.79 Å². The summed E-state index contributed by atoms with van der Waals surface area (Å²) in [7, 11) is 0. The number of nitrogens with one attached hydrogen (secondary N) is 1. The Labute approximate surface area is 117 Å². The van der Waals surface area contributed by atoms with Gasteiger partial charge >= 0.3 is 0 Å². The van der Waals surface area contributed by atoms with Crippen molar-refractivity contribution in [2.24, 2.45) is 0 Å². The van der Waals surface area contributed by atoms with E-state index in [2.05, 4.69) is 15.3 Å². The molecule has 100 valence electrons. The molecule has 1 aromatic heterocycles. The predicted molar refractivity (Wildman–Crippen MR) is 76.4 cm³/mol. The molecule has 0 spiro atoms. The zero-order valence-corrected chi connectivity index (χ0v) is 11.7. The Morgan fingerprint density at radius 1 is 1.26 bits per heavy atom. The molecule has 2 aromatic rings. The lowest BCUT2D eigenvalue weighted by atomic mass is 10.0. The first-order valence-corrected chi connectivity index (χ1v) is 6.64. The van der Waals surface area contributed by atoms with E-state index in [1.165, 1.54) is 0 Å². The van der Waals surface area contributed by atoms with Crippen LogP contribution >= 0.6 is 11.6 Å². The van der Waals surface area contributed by atoms with Crippen LogP contribution in [-0.2, 0) is 0 Å². The summed E-state index contributed by atoms with van der Waals surface area (Å²) in [5.74, 6) is 0.388. The van der Waals surface area contributed by atoms with Gasteiger partial charge in [-0.25, -0.2) is 0 Å². The van der Waals surface area contributed by atoms with Crippen LogP contribution in [0.2, 0.25) is 0 Å². The Bertz CT molecular complexity index is 598. The van der Waals surface area contributed by atoms with E-state index in [1.54, 1.807) is 30.6 Å². The van der Waals surface area contributed by atoms with Crippen LogP contribution in [0, 0.1) is 0 Å². The Morgan fingerprint density at radius 2 is 1.95 bits per heavy atom. The maximum atomic E-state index is 12.2. The maximum Gasteiger partial charge on any atom is 0.251 e. The summed E-state index contributed by atoms with van der Waals surface area (Å²) in [6.45, 7) is 3.91. The molecule has 4 nitrogen and oxygen atoms in total. The standard InChI is InChI=1S/C14H16ClN3O/c1-14(2,5-6-15)18-13(19)10-3-4-11-12(9-10)17-8-7-16-11/h3-4,7-9H,5-6H2,1-2H3,(H,18,19). The average Bonchev–Trinajstić information content (AvgIpc) is 2.37. The Hall–Kier alpha value is -1.68. The van der Waals surface area contributed by atoms with Gasteiger partial charge in [-0.3, -0.25) is 14.8 Å². The summed E-state index contributed by atoms with van der Waals surface area (Å²) in [6.07, 6.45) is 3.96. The van der Waals surface area contributed by atoms with Crippen molar-refractivity contribution in [3.8, 4) is 0 Å². The van der Waals surface area contributed by atoms with E-state index >= 15 is 0 Å². The van der Waals surface area contributed by atoms with Crippen molar-refractivity contribution in [2.75, 3.05) is 5.88 Å². The largest absolute Gasteiger partial charge is 0.347 e. The molecule has 1 amide bonds. The minimum atomic E-state index is -0.323. The summed E-state index contributed by atoms with van der Waals surface area (Å²) < 4.78 is 0. The third kappa shape index (κ3) is 3.41. The fraction of sp³-hybridized carbons (Fsp3) is 0.357. The van der Waals surface area contributed by atoms with Crippen LogP contribution in [0.15, 0.2) is 30.6 Å². The number of carbonyl (C=O) groups is 1. The second kappa shape index (κ2) is 5.53. The zero-order valence-electron chi connectivity index (χ0n) is 11.0. The van der Waals surface area contributed by atoms with Gasteiger partial charge < -0.3 is 5.32 Å². The molecule has 0 saturated heterocycles. The van der Waals surface area contributed by atoms with E-state index in [-0.39, 0.29) is 11.4 Å². The molecule has 1 heterocycles. The van der Waals surface area contributed by atoms with Crippen LogP contribution in [-0.4, -0.2) is 27.3 Å². The molecule has 2 rings (SSSR count). The van der Waals surface area contributed by atoms with Crippen LogP contribution in [0.1, 0.15) is 30.6 Å². The highest BCUT2D eigenvalue weighted by molar-refractivity contribution is 6.17. The highest BCUT2D eigenvalue weighted by atomic mass is 35.5. The SMILES string of the molecule is CC(C)(CCCl)NC(=O)c1ccc2nccnc2c1. The first kappa shape index (κ1) is 13.7. The number of fused-ring (bicyclic) bond motifs is 1. The second-order valence-corrected chi connectivity index (χ2v) is 5.41. The number of benzene rings is 1. The molecule has 0 atom stereocenters. The Morgan fingerprint density at radius 3 is 2.63 bits per heavy atom. The van der Waals surface area contributed by atoms with Crippen molar-refractivity contribution in [1.82, 2.24) is 15.3 Å². The van der Waals surface area contributed by atoms with Crippen molar-refractivity contribution in [3.63, 3.8) is 0 Å². The quantitative estimate of drug-likeness (QED) is 0.875. The molecule has 0 radical (unpaired) electrons. The number of hydrogen-bond donors (Lipinski definition) is 1. The average molecular weight is 278 g/mol. The summed E-state index contributed by atoms with van der Waals surface area (Å²) >= 11 is 5.72. The number of nitrogens with zero attached hydrogens (tertiary/aromatic N) is 2. The van der Waals surface area contributed by atoms with E-state index in [4.69, 9.17) is 11.6 Å². The van der Waals surface area contributed by atoms with Gasteiger partial charge in [0.1, 0.15) is 0 Å². The molecule has 5 heteroatoms. The number of alkyl halides is 1. The molecule has 0 fully saturated rings. The normalized spacial score (nSPS) is 11.5. The van der Waals surface area contributed by atoms with Crippen LogP contribution < -0.4 is 5.32 Å². The maximum absolute atomic E-state index is 12.2. The molecule has 0 saturated carbocycles. The lowest BCUT2D eigenvalue weighted by Gasteiger charge is -2.25. The van der Waals surface area contributed by atoms with Crippen LogP contribution in [0.3, 0.4) is 0 Å². The van der Waals surface area contributed by atoms with E-state index in [0.717, 1.165) is 5.52 Å². The van der Waals surface area contributed by atoms with E-state index < -0.39 is 0 Å². The molecule has 1 N–H and O–H groups in total. The Balaban J connectivity index is 2.22. The number of hydrogen-bond acceptors (Lipinski definition) is 3. The van der Waals surface area contributed by atoms with Crippen LogP contribution in [0.4, 0.5) is 0 Å². The summed E-state index contributed by atoms with van der Waals surface area (Å²) in [6, 6.07) is 5.30. The van der Waals surface area contributed by atoms with Crippen molar-refractivity contribution >= 4 is 28.5 Å². The molecular formula is C14H16ClN3O.